The molecule has 1 aliphatic rings. The van der Waals surface area contributed by atoms with Crippen molar-refractivity contribution in [1.82, 2.24) is 5.32 Å². The van der Waals surface area contributed by atoms with Crippen molar-refractivity contribution in [3.8, 4) is 0 Å². The van der Waals surface area contributed by atoms with E-state index in [0.717, 1.165) is 13.1 Å². The maximum Gasteiger partial charge on any atom is 0.0423 e. The third kappa shape index (κ3) is 2.63. The van der Waals surface area contributed by atoms with Gasteiger partial charge in [-0.1, -0.05) is 26.0 Å². The first-order chi connectivity index (χ1) is 8.09. The summed E-state index contributed by atoms with van der Waals surface area (Å²) in [5, 5.41) is 3.44. The predicted octanol–water partition coefficient (Wildman–Crippen LogP) is 2.92. The van der Waals surface area contributed by atoms with Crippen molar-refractivity contribution in [2.24, 2.45) is 0 Å². The van der Waals surface area contributed by atoms with Crippen LogP contribution in [0.3, 0.4) is 0 Å². The van der Waals surface area contributed by atoms with Crippen LogP contribution in [0.4, 0.5) is 5.69 Å². The number of likely N-dealkylation sites (N-methyl/N-ethyl adjacent to an activating group) is 1. The van der Waals surface area contributed by atoms with Gasteiger partial charge >= 0.3 is 0 Å². The zero-order valence-electron chi connectivity index (χ0n) is 11.5. The second kappa shape index (κ2) is 5.09. The van der Waals surface area contributed by atoms with E-state index < -0.39 is 0 Å². The van der Waals surface area contributed by atoms with Gasteiger partial charge in [0, 0.05) is 25.3 Å². The molecule has 94 valence electrons. The first kappa shape index (κ1) is 12.4. The van der Waals surface area contributed by atoms with Gasteiger partial charge in [-0.05, 0) is 43.0 Å². The van der Waals surface area contributed by atoms with Gasteiger partial charge in [-0.3, -0.25) is 0 Å². The second-order valence-electron chi connectivity index (χ2n) is 5.46. The molecule has 0 amide bonds. The number of nitrogens with one attached hydrogen (secondary N) is 1. The summed E-state index contributed by atoms with van der Waals surface area (Å²) in [5.74, 6) is 0.601. The minimum atomic E-state index is 0.601. The largest absolute Gasteiger partial charge is 0.370 e. The van der Waals surface area contributed by atoms with E-state index in [-0.39, 0.29) is 0 Å². The quantitative estimate of drug-likeness (QED) is 0.862. The van der Waals surface area contributed by atoms with E-state index in [9.17, 15) is 0 Å². The molecule has 1 aromatic rings. The Bertz CT molecular complexity index is 379. The Balaban J connectivity index is 2.26. The average molecular weight is 232 g/mol. The standard InChI is InChI=1S/C15H24N2/c1-11(2)13-6-5-12(3)15(9-13)17(4)14-7-8-16-10-14/h5-6,9,11,14,16H,7-8,10H2,1-4H3. The molecule has 0 aliphatic carbocycles. The van der Waals surface area contributed by atoms with Crippen molar-refractivity contribution in [3.05, 3.63) is 29.3 Å². The number of benzene rings is 1. The third-order valence-corrected chi connectivity index (χ3v) is 3.86. The molecule has 0 saturated carbocycles. The maximum atomic E-state index is 3.44. The smallest absolute Gasteiger partial charge is 0.0423 e. The molecule has 17 heavy (non-hydrogen) atoms. The van der Waals surface area contributed by atoms with E-state index in [0.29, 0.717) is 12.0 Å². The van der Waals surface area contributed by atoms with Crippen LogP contribution < -0.4 is 10.2 Å². The molecular weight excluding hydrogens is 208 g/mol. The average Bonchev–Trinajstić information content (AvgIpc) is 2.81. The van der Waals surface area contributed by atoms with E-state index in [1.807, 2.05) is 0 Å². The third-order valence-electron chi connectivity index (χ3n) is 3.86. The molecule has 1 atom stereocenters. The molecule has 1 saturated heterocycles. The number of aryl methyl sites for hydroxylation is 1. The summed E-state index contributed by atoms with van der Waals surface area (Å²) >= 11 is 0. The summed E-state index contributed by atoms with van der Waals surface area (Å²) in [7, 11) is 2.23. The van der Waals surface area contributed by atoms with Gasteiger partial charge in [-0.2, -0.15) is 0 Å². The summed E-state index contributed by atoms with van der Waals surface area (Å²) in [4.78, 5) is 2.45. The lowest BCUT2D eigenvalue weighted by Gasteiger charge is -2.28. The van der Waals surface area contributed by atoms with Crippen molar-refractivity contribution >= 4 is 5.69 Å². The van der Waals surface area contributed by atoms with Crippen LogP contribution in [0.5, 0.6) is 0 Å². The highest BCUT2D eigenvalue weighted by atomic mass is 15.2. The fourth-order valence-corrected chi connectivity index (χ4v) is 2.53. The number of hydrogen-bond acceptors (Lipinski definition) is 2. The molecule has 1 N–H and O–H groups in total. The zero-order valence-corrected chi connectivity index (χ0v) is 11.5. The zero-order chi connectivity index (χ0) is 12.4. The van der Waals surface area contributed by atoms with Gasteiger partial charge in [0.15, 0.2) is 0 Å². The molecule has 0 spiro atoms. The Hall–Kier alpha value is -1.02. The molecule has 0 bridgehead atoms. The van der Waals surface area contributed by atoms with Crippen LogP contribution in [0.25, 0.3) is 0 Å². The highest BCUT2D eigenvalue weighted by molar-refractivity contribution is 5.56. The summed E-state index contributed by atoms with van der Waals surface area (Å²) in [6.45, 7) is 8.98. The fourth-order valence-electron chi connectivity index (χ4n) is 2.53. The highest BCUT2D eigenvalue weighted by Gasteiger charge is 2.20. The SMILES string of the molecule is Cc1ccc(C(C)C)cc1N(C)C1CCNC1. The number of anilines is 1. The van der Waals surface area contributed by atoms with Crippen molar-refractivity contribution in [2.75, 3.05) is 25.0 Å². The van der Waals surface area contributed by atoms with E-state index in [2.05, 4.69) is 56.2 Å². The van der Waals surface area contributed by atoms with Gasteiger partial charge in [-0.25, -0.2) is 0 Å². The van der Waals surface area contributed by atoms with Crippen LogP contribution in [-0.4, -0.2) is 26.2 Å². The Morgan fingerprint density at radius 1 is 1.35 bits per heavy atom. The fraction of sp³-hybridized carbons (Fsp3) is 0.600. The first-order valence-electron chi connectivity index (χ1n) is 6.63. The Labute approximate surface area is 105 Å². The van der Waals surface area contributed by atoms with Crippen LogP contribution >= 0.6 is 0 Å². The lowest BCUT2D eigenvalue weighted by atomic mass is 9.99. The van der Waals surface area contributed by atoms with Crippen LogP contribution in [0.15, 0.2) is 18.2 Å². The molecule has 0 aromatic heterocycles. The molecule has 0 radical (unpaired) electrons. The summed E-state index contributed by atoms with van der Waals surface area (Å²) in [5.41, 5.74) is 4.21. The van der Waals surface area contributed by atoms with E-state index in [1.54, 1.807) is 0 Å². The number of rotatable bonds is 3. The predicted molar refractivity (Wildman–Crippen MR) is 74.9 cm³/mol. The Morgan fingerprint density at radius 2 is 2.12 bits per heavy atom. The highest BCUT2D eigenvalue weighted by Crippen LogP contribution is 2.27. The van der Waals surface area contributed by atoms with Gasteiger partial charge in [0.25, 0.3) is 0 Å². The van der Waals surface area contributed by atoms with E-state index >= 15 is 0 Å². The van der Waals surface area contributed by atoms with Crippen molar-refractivity contribution in [3.63, 3.8) is 0 Å². The van der Waals surface area contributed by atoms with Gasteiger partial charge in [-0.15, -0.1) is 0 Å². The molecule has 2 nitrogen and oxygen atoms in total. The van der Waals surface area contributed by atoms with Crippen LogP contribution in [-0.2, 0) is 0 Å². The maximum absolute atomic E-state index is 3.44. The molecule has 1 unspecified atom stereocenters. The van der Waals surface area contributed by atoms with Gasteiger partial charge in [0.2, 0.25) is 0 Å². The van der Waals surface area contributed by atoms with Crippen molar-refractivity contribution < 1.29 is 0 Å². The van der Waals surface area contributed by atoms with E-state index in [4.69, 9.17) is 0 Å². The molecule has 1 fully saturated rings. The number of hydrogen-bond donors (Lipinski definition) is 1. The molecule has 1 heterocycles. The lowest BCUT2D eigenvalue weighted by Crippen LogP contribution is -2.33. The second-order valence-corrected chi connectivity index (χ2v) is 5.46. The summed E-state index contributed by atoms with van der Waals surface area (Å²) < 4.78 is 0. The molecule has 2 heteroatoms. The Kier molecular flexibility index (Phi) is 3.72. The summed E-state index contributed by atoms with van der Waals surface area (Å²) in [6.07, 6.45) is 1.25. The van der Waals surface area contributed by atoms with Gasteiger partial charge in [0.05, 0.1) is 0 Å². The van der Waals surface area contributed by atoms with Crippen molar-refractivity contribution in [2.45, 2.75) is 39.2 Å². The van der Waals surface area contributed by atoms with Crippen molar-refractivity contribution in [1.29, 1.82) is 0 Å². The first-order valence-corrected chi connectivity index (χ1v) is 6.63. The minimum absolute atomic E-state index is 0.601. The number of nitrogens with zero attached hydrogens (tertiary/aromatic N) is 1. The van der Waals surface area contributed by atoms with Crippen LogP contribution in [0.1, 0.15) is 37.3 Å². The topological polar surface area (TPSA) is 15.3 Å². The van der Waals surface area contributed by atoms with Gasteiger partial charge < -0.3 is 10.2 Å². The summed E-state index contributed by atoms with van der Waals surface area (Å²) in [6, 6.07) is 7.52. The molecule has 1 aliphatic heterocycles. The van der Waals surface area contributed by atoms with Gasteiger partial charge in [0.1, 0.15) is 0 Å². The molecule has 1 aromatic carbocycles. The molecular formula is C15H24N2. The van der Waals surface area contributed by atoms with Crippen LogP contribution in [0, 0.1) is 6.92 Å². The Morgan fingerprint density at radius 3 is 2.71 bits per heavy atom. The van der Waals surface area contributed by atoms with E-state index in [1.165, 1.54) is 23.2 Å². The monoisotopic (exact) mass is 232 g/mol. The minimum Gasteiger partial charge on any atom is -0.370 e. The lowest BCUT2D eigenvalue weighted by molar-refractivity contribution is 0.683. The van der Waals surface area contributed by atoms with Crippen LogP contribution in [0.2, 0.25) is 0 Å². The molecule has 2 rings (SSSR count). The normalized spacial score (nSPS) is 19.9.